The number of likely N-dealkylation sites (tertiary alicyclic amines) is 1. The highest BCUT2D eigenvalue weighted by Gasteiger charge is 2.71. The number of anilines is 1. The number of aryl methyl sites for hydroxylation is 1. The maximum Gasteiger partial charge on any atom is 0.250 e. The van der Waals surface area contributed by atoms with Gasteiger partial charge in [-0.2, -0.15) is 0 Å². The number of rotatable bonds is 4. The molecule has 0 unspecified atom stereocenters. The zero-order valence-corrected chi connectivity index (χ0v) is 18.5. The second-order valence-corrected chi connectivity index (χ2v) is 9.32. The lowest BCUT2D eigenvalue weighted by Gasteiger charge is -2.30. The summed E-state index contributed by atoms with van der Waals surface area (Å²) in [6, 6.07) is 12.4. The third-order valence-electron chi connectivity index (χ3n) is 6.93. The standard InChI is InChI=1S/C24H24ClN3O4/c1-12-10-15-20(16(25)11-12)26-23(32)24(15)18-17(19(27-24)13(2)29)21(30)28(22(18)31)9-8-14-6-4-3-5-7-14/h3-7,10-11,13,17-19,27,29H,8-9H2,1-2H3,(H,26,32)/t13-,17-,18-,19-,24-/m0/s1. The van der Waals surface area contributed by atoms with E-state index >= 15 is 0 Å². The van der Waals surface area contributed by atoms with Crippen molar-refractivity contribution in [1.82, 2.24) is 10.2 Å². The predicted molar refractivity (Wildman–Crippen MR) is 119 cm³/mol. The summed E-state index contributed by atoms with van der Waals surface area (Å²) in [5, 5.41) is 16.9. The van der Waals surface area contributed by atoms with Crippen molar-refractivity contribution in [2.24, 2.45) is 11.8 Å². The fourth-order valence-corrected chi connectivity index (χ4v) is 5.83. The van der Waals surface area contributed by atoms with Crippen molar-refractivity contribution in [3.63, 3.8) is 0 Å². The van der Waals surface area contributed by atoms with Gasteiger partial charge in [0.15, 0.2) is 0 Å². The van der Waals surface area contributed by atoms with Crippen molar-refractivity contribution < 1.29 is 19.5 Å². The van der Waals surface area contributed by atoms with Crippen LogP contribution in [0.2, 0.25) is 5.02 Å². The van der Waals surface area contributed by atoms with Gasteiger partial charge in [0.2, 0.25) is 17.7 Å². The molecule has 0 radical (unpaired) electrons. The van der Waals surface area contributed by atoms with Crippen molar-refractivity contribution in [3.8, 4) is 0 Å². The third kappa shape index (κ3) is 2.85. The topological polar surface area (TPSA) is 98.7 Å². The first-order chi connectivity index (χ1) is 15.3. The minimum atomic E-state index is -1.45. The van der Waals surface area contributed by atoms with Gasteiger partial charge in [-0.25, -0.2) is 0 Å². The molecule has 8 heteroatoms. The van der Waals surface area contributed by atoms with Gasteiger partial charge < -0.3 is 10.4 Å². The molecule has 1 spiro atoms. The lowest BCUT2D eigenvalue weighted by atomic mass is 9.76. The molecule has 0 aromatic heterocycles. The van der Waals surface area contributed by atoms with Gasteiger partial charge in [0.05, 0.1) is 28.6 Å². The van der Waals surface area contributed by atoms with Gasteiger partial charge in [-0.05, 0) is 37.5 Å². The summed E-state index contributed by atoms with van der Waals surface area (Å²) in [7, 11) is 0. The highest BCUT2D eigenvalue weighted by Crippen LogP contribution is 2.54. The molecule has 3 N–H and O–H groups in total. The summed E-state index contributed by atoms with van der Waals surface area (Å²) in [6.45, 7) is 3.64. The average molecular weight is 454 g/mol. The Morgan fingerprint density at radius 3 is 2.56 bits per heavy atom. The molecule has 0 bridgehead atoms. The Balaban J connectivity index is 1.58. The number of carbonyl (C=O) groups excluding carboxylic acids is 3. The lowest BCUT2D eigenvalue weighted by Crippen LogP contribution is -2.55. The second-order valence-electron chi connectivity index (χ2n) is 8.91. The maximum atomic E-state index is 13.6. The molecule has 0 saturated carbocycles. The average Bonchev–Trinajstić information content (AvgIpc) is 3.34. The van der Waals surface area contributed by atoms with Crippen LogP contribution in [-0.2, 0) is 26.3 Å². The third-order valence-corrected chi connectivity index (χ3v) is 7.23. The van der Waals surface area contributed by atoms with Crippen LogP contribution in [0.3, 0.4) is 0 Å². The number of nitrogens with zero attached hydrogens (tertiary/aromatic N) is 1. The Hall–Kier alpha value is -2.74. The van der Waals surface area contributed by atoms with Crippen LogP contribution in [0.4, 0.5) is 5.69 Å². The van der Waals surface area contributed by atoms with E-state index < -0.39 is 41.3 Å². The maximum absolute atomic E-state index is 13.6. The second kappa shape index (κ2) is 7.40. The first-order valence-electron chi connectivity index (χ1n) is 10.7. The molecule has 3 heterocycles. The van der Waals surface area contributed by atoms with E-state index in [9.17, 15) is 19.5 Å². The molecule has 2 aromatic carbocycles. The summed E-state index contributed by atoms with van der Waals surface area (Å²) < 4.78 is 0. The molecular formula is C24H24ClN3O4. The van der Waals surface area contributed by atoms with E-state index in [4.69, 9.17) is 11.6 Å². The van der Waals surface area contributed by atoms with Gasteiger partial charge in [-0.1, -0.05) is 48.0 Å². The van der Waals surface area contributed by atoms with Crippen LogP contribution in [0.1, 0.15) is 23.6 Å². The van der Waals surface area contributed by atoms with Crippen LogP contribution in [0.25, 0.3) is 0 Å². The predicted octanol–water partition coefficient (Wildman–Crippen LogP) is 1.99. The van der Waals surface area contributed by atoms with E-state index in [1.165, 1.54) is 4.90 Å². The largest absolute Gasteiger partial charge is 0.392 e. The minimum Gasteiger partial charge on any atom is -0.392 e. The first kappa shape index (κ1) is 21.1. The molecule has 7 nitrogen and oxygen atoms in total. The quantitative estimate of drug-likeness (QED) is 0.615. The smallest absolute Gasteiger partial charge is 0.250 e. The lowest BCUT2D eigenvalue weighted by molar-refractivity contribution is -0.143. The van der Waals surface area contributed by atoms with Crippen molar-refractivity contribution in [2.75, 3.05) is 11.9 Å². The fourth-order valence-electron chi connectivity index (χ4n) is 5.50. The van der Waals surface area contributed by atoms with Crippen LogP contribution in [0.5, 0.6) is 0 Å². The monoisotopic (exact) mass is 453 g/mol. The molecule has 2 fully saturated rings. The van der Waals surface area contributed by atoms with Crippen LogP contribution in [0, 0.1) is 18.8 Å². The Labute approximate surface area is 190 Å². The summed E-state index contributed by atoms with van der Waals surface area (Å²) in [4.78, 5) is 41.7. The number of amides is 3. The number of hydrogen-bond acceptors (Lipinski definition) is 5. The van der Waals surface area contributed by atoms with Gasteiger partial charge in [-0.15, -0.1) is 0 Å². The number of imide groups is 1. The normalized spacial score (nSPS) is 29.4. The molecule has 3 aliphatic heterocycles. The van der Waals surface area contributed by atoms with Crippen molar-refractivity contribution in [1.29, 1.82) is 0 Å². The number of fused-ring (bicyclic) bond motifs is 4. The molecule has 5 atom stereocenters. The van der Waals surface area contributed by atoms with Crippen molar-refractivity contribution >= 4 is 35.0 Å². The SMILES string of the molecule is Cc1cc(Cl)c2c(c1)[C@@]1(N[C@@H]([C@H](C)O)[C@H]3C(=O)N(CCc4ccccc4)C(=O)[C@H]31)C(=O)N2. The van der Waals surface area contributed by atoms with Crippen LogP contribution < -0.4 is 10.6 Å². The van der Waals surface area contributed by atoms with Gasteiger partial charge in [0.1, 0.15) is 5.54 Å². The Morgan fingerprint density at radius 2 is 1.88 bits per heavy atom. The summed E-state index contributed by atoms with van der Waals surface area (Å²) in [5.41, 5.74) is 1.39. The van der Waals surface area contributed by atoms with Crippen molar-refractivity contribution in [3.05, 3.63) is 64.2 Å². The zero-order chi connectivity index (χ0) is 22.8. The molecule has 5 rings (SSSR count). The summed E-state index contributed by atoms with van der Waals surface area (Å²) in [6.07, 6.45) is -0.421. The van der Waals surface area contributed by atoms with Gasteiger partial charge in [-0.3, -0.25) is 24.6 Å². The van der Waals surface area contributed by atoms with Crippen LogP contribution >= 0.6 is 11.6 Å². The molecular weight excluding hydrogens is 430 g/mol. The summed E-state index contributed by atoms with van der Waals surface area (Å²) in [5.74, 6) is -2.97. The molecule has 166 valence electrons. The number of carbonyl (C=O) groups is 3. The van der Waals surface area contributed by atoms with Gasteiger partial charge in [0.25, 0.3) is 0 Å². The molecule has 32 heavy (non-hydrogen) atoms. The Kier molecular flexibility index (Phi) is 4.89. The van der Waals surface area contributed by atoms with E-state index in [1.807, 2.05) is 43.3 Å². The molecule has 3 amide bonds. The minimum absolute atomic E-state index is 0.223. The van der Waals surface area contributed by atoms with E-state index in [-0.39, 0.29) is 12.5 Å². The number of nitrogens with one attached hydrogen (secondary N) is 2. The number of halogens is 1. The first-order valence-corrected chi connectivity index (χ1v) is 11.1. The van der Waals surface area contributed by atoms with Gasteiger partial charge in [0, 0.05) is 18.2 Å². The number of benzene rings is 2. The van der Waals surface area contributed by atoms with Crippen LogP contribution in [-0.4, -0.2) is 46.4 Å². The van der Waals surface area contributed by atoms with E-state index in [0.29, 0.717) is 22.7 Å². The van der Waals surface area contributed by atoms with Gasteiger partial charge >= 0.3 is 0 Å². The zero-order valence-electron chi connectivity index (χ0n) is 17.8. The Bertz CT molecular complexity index is 1140. The molecule has 2 saturated heterocycles. The highest BCUT2D eigenvalue weighted by molar-refractivity contribution is 6.35. The molecule has 3 aliphatic rings. The van der Waals surface area contributed by atoms with E-state index in [2.05, 4.69) is 10.6 Å². The molecule has 2 aromatic rings. The highest BCUT2D eigenvalue weighted by atomic mass is 35.5. The number of aliphatic hydroxyl groups is 1. The van der Waals surface area contributed by atoms with E-state index in [0.717, 1.165) is 11.1 Å². The van der Waals surface area contributed by atoms with Crippen molar-refractivity contribution in [2.45, 2.75) is 38.0 Å². The number of aliphatic hydroxyl groups excluding tert-OH is 1. The Morgan fingerprint density at radius 1 is 1.16 bits per heavy atom. The van der Waals surface area contributed by atoms with E-state index in [1.54, 1.807) is 13.0 Å². The summed E-state index contributed by atoms with van der Waals surface area (Å²) >= 11 is 6.40. The molecule has 0 aliphatic carbocycles. The van der Waals surface area contributed by atoms with Crippen LogP contribution in [0.15, 0.2) is 42.5 Å². The number of hydrogen-bond donors (Lipinski definition) is 3. The fraction of sp³-hybridized carbons (Fsp3) is 0.375.